The van der Waals surface area contributed by atoms with E-state index in [4.69, 9.17) is 4.74 Å². The van der Waals surface area contributed by atoms with Crippen molar-refractivity contribution in [1.82, 2.24) is 20.2 Å². The Labute approximate surface area is 141 Å². The van der Waals surface area contributed by atoms with Gasteiger partial charge in [0.2, 0.25) is 0 Å². The number of rotatable bonds is 4. The molecule has 1 saturated carbocycles. The van der Waals surface area contributed by atoms with Gasteiger partial charge in [-0.2, -0.15) is 0 Å². The van der Waals surface area contributed by atoms with Crippen LogP contribution < -0.4 is 10.1 Å². The van der Waals surface area contributed by atoms with E-state index in [9.17, 15) is 4.79 Å². The van der Waals surface area contributed by atoms with Crippen molar-refractivity contribution in [2.75, 3.05) is 26.7 Å². The number of benzene rings is 1. The lowest BCUT2D eigenvalue weighted by atomic mass is 10.0. The lowest BCUT2D eigenvalue weighted by molar-refractivity contribution is 0.0626. The minimum absolute atomic E-state index is 0.00630. The summed E-state index contributed by atoms with van der Waals surface area (Å²) in [7, 11) is 1.66. The number of carbonyl (C=O) groups excluding carboxylic acids is 1. The minimum atomic E-state index is -0.0462. The van der Waals surface area contributed by atoms with E-state index in [2.05, 4.69) is 15.3 Å². The number of imidazole rings is 1. The molecule has 4 rings (SSSR count). The van der Waals surface area contributed by atoms with Crippen molar-refractivity contribution in [2.45, 2.75) is 24.8 Å². The van der Waals surface area contributed by atoms with Crippen LogP contribution in [0.25, 0.3) is 0 Å². The molecule has 1 aromatic heterocycles. The summed E-state index contributed by atoms with van der Waals surface area (Å²) >= 11 is 0. The Morgan fingerprint density at radius 3 is 2.96 bits per heavy atom. The van der Waals surface area contributed by atoms with Gasteiger partial charge in [0.25, 0.3) is 5.91 Å². The number of aromatic nitrogens is 2. The zero-order valence-corrected chi connectivity index (χ0v) is 13.8. The van der Waals surface area contributed by atoms with Gasteiger partial charge in [0.15, 0.2) is 0 Å². The van der Waals surface area contributed by atoms with E-state index in [-0.39, 0.29) is 11.9 Å². The monoisotopic (exact) mass is 326 g/mol. The molecule has 2 N–H and O–H groups in total. The summed E-state index contributed by atoms with van der Waals surface area (Å²) < 4.78 is 5.49. The van der Waals surface area contributed by atoms with Gasteiger partial charge in [-0.15, -0.1) is 0 Å². The van der Waals surface area contributed by atoms with Crippen LogP contribution in [0, 0.1) is 0 Å². The van der Waals surface area contributed by atoms with Gasteiger partial charge in [-0.25, -0.2) is 4.98 Å². The Balaban J connectivity index is 1.62. The number of nitrogens with zero attached hydrogens (tertiary/aromatic N) is 2. The second-order valence-electron chi connectivity index (χ2n) is 6.42. The molecule has 2 aromatic rings. The van der Waals surface area contributed by atoms with Crippen LogP contribution in [0.2, 0.25) is 0 Å². The maximum absolute atomic E-state index is 13.0. The number of amides is 1. The molecule has 6 heteroatoms. The maximum atomic E-state index is 13.0. The Morgan fingerprint density at radius 2 is 2.17 bits per heavy atom. The number of para-hydroxylation sites is 1. The molecule has 6 nitrogen and oxygen atoms in total. The van der Waals surface area contributed by atoms with Gasteiger partial charge in [-0.05, 0) is 18.9 Å². The molecule has 2 aliphatic rings. The Hall–Kier alpha value is -2.34. The number of hydrogen-bond acceptors (Lipinski definition) is 4. The summed E-state index contributed by atoms with van der Waals surface area (Å²) in [5, 5.41) is 3.38. The van der Waals surface area contributed by atoms with Crippen LogP contribution in [0.1, 0.15) is 46.7 Å². The van der Waals surface area contributed by atoms with Crippen LogP contribution in [0.4, 0.5) is 0 Å². The summed E-state index contributed by atoms with van der Waals surface area (Å²) in [5.41, 5.74) is 1.61. The van der Waals surface area contributed by atoms with Crippen LogP contribution in [-0.2, 0) is 0 Å². The highest BCUT2D eigenvalue weighted by Gasteiger charge is 2.32. The highest BCUT2D eigenvalue weighted by atomic mass is 16.5. The second-order valence-corrected chi connectivity index (χ2v) is 6.42. The third-order valence-electron chi connectivity index (χ3n) is 4.79. The van der Waals surface area contributed by atoms with Gasteiger partial charge in [0.05, 0.1) is 19.3 Å². The number of methoxy groups -OCH3 is 1. The van der Waals surface area contributed by atoms with E-state index in [1.165, 1.54) is 12.8 Å². The molecule has 24 heavy (non-hydrogen) atoms. The van der Waals surface area contributed by atoms with Crippen molar-refractivity contribution in [2.24, 2.45) is 0 Å². The fourth-order valence-corrected chi connectivity index (χ4v) is 3.33. The summed E-state index contributed by atoms with van der Waals surface area (Å²) in [4.78, 5) is 22.5. The van der Waals surface area contributed by atoms with Crippen LogP contribution in [-0.4, -0.2) is 47.5 Å². The normalized spacial score (nSPS) is 20.9. The molecule has 126 valence electrons. The van der Waals surface area contributed by atoms with Gasteiger partial charge in [0, 0.05) is 31.1 Å². The zero-order chi connectivity index (χ0) is 16.5. The first-order chi connectivity index (χ1) is 11.8. The van der Waals surface area contributed by atoms with Crippen molar-refractivity contribution < 1.29 is 9.53 Å². The summed E-state index contributed by atoms with van der Waals surface area (Å²) in [6.45, 7) is 2.18. The Bertz CT molecular complexity index is 738. The topological polar surface area (TPSA) is 70.2 Å². The third-order valence-corrected chi connectivity index (χ3v) is 4.79. The molecule has 1 aromatic carbocycles. The SMILES string of the molecule is COc1ccccc1C1CNCCN1C(=O)c1cnc(C2CC2)[nH]1. The minimum Gasteiger partial charge on any atom is -0.496 e. The zero-order valence-electron chi connectivity index (χ0n) is 13.8. The molecule has 1 amide bonds. The summed E-state index contributed by atoms with van der Waals surface area (Å²) in [6.07, 6.45) is 4.01. The van der Waals surface area contributed by atoms with Crippen molar-refractivity contribution in [3.8, 4) is 5.75 Å². The lowest BCUT2D eigenvalue weighted by Gasteiger charge is -2.36. The highest BCUT2D eigenvalue weighted by molar-refractivity contribution is 5.92. The largest absolute Gasteiger partial charge is 0.496 e. The molecule has 0 radical (unpaired) electrons. The molecule has 2 fully saturated rings. The number of ether oxygens (including phenoxy) is 1. The lowest BCUT2D eigenvalue weighted by Crippen LogP contribution is -2.48. The predicted octanol–water partition coefficient (Wildman–Crippen LogP) is 2.08. The van der Waals surface area contributed by atoms with Crippen molar-refractivity contribution in [3.05, 3.63) is 47.5 Å². The molecule has 1 unspecified atom stereocenters. The predicted molar refractivity (Wildman–Crippen MR) is 90.2 cm³/mol. The molecular weight excluding hydrogens is 304 g/mol. The molecule has 1 atom stereocenters. The van der Waals surface area contributed by atoms with Gasteiger partial charge in [-0.1, -0.05) is 18.2 Å². The Morgan fingerprint density at radius 1 is 1.33 bits per heavy atom. The number of aromatic amines is 1. The van der Waals surface area contributed by atoms with Crippen LogP contribution in [0.3, 0.4) is 0 Å². The van der Waals surface area contributed by atoms with Gasteiger partial charge >= 0.3 is 0 Å². The maximum Gasteiger partial charge on any atom is 0.272 e. The van der Waals surface area contributed by atoms with Gasteiger partial charge < -0.3 is 19.9 Å². The number of carbonyl (C=O) groups is 1. The van der Waals surface area contributed by atoms with Crippen molar-refractivity contribution >= 4 is 5.91 Å². The second kappa shape index (κ2) is 6.28. The van der Waals surface area contributed by atoms with Crippen LogP contribution in [0.15, 0.2) is 30.5 Å². The highest BCUT2D eigenvalue weighted by Crippen LogP contribution is 2.38. The van der Waals surface area contributed by atoms with Crippen LogP contribution >= 0.6 is 0 Å². The summed E-state index contributed by atoms with van der Waals surface area (Å²) in [5.74, 6) is 2.28. The molecule has 0 bridgehead atoms. The number of H-pyrrole nitrogens is 1. The third kappa shape index (κ3) is 2.78. The fourth-order valence-electron chi connectivity index (χ4n) is 3.33. The molecule has 1 aliphatic carbocycles. The van der Waals surface area contributed by atoms with Gasteiger partial charge in [0.1, 0.15) is 17.3 Å². The van der Waals surface area contributed by atoms with Crippen molar-refractivity contribution in [1.29, 1.82) is 0 Å². The average molecular weight is 326 g/mol. The van der Waals surface area contributed by atoms with Crippen LogP contribution in [0.5, 0.6) is 5.75 Å². The first-order valence-corrected chi connectivity index (χ1v) is 8.47. The molecule has 0 spiro atoms. The van der Waals surface area contributed by atoms with E-state index in [1.54, 1.807) is 13.3 Å². The van der Waals surface area contributed by atoms with E-state index in [0.29, 0.717) is 18.2 Å². The molecular formula is C18H22N4O2. The number of nitrogens with one attached hydrogen (secondary N) is 2. The molecule has 1 aliphatic heterocycles. The smallest absolute Gasteiger partial charge is 0.272 e. The van der Waals surface area contributed by atoms with E-state index in [1.807, 2.05) is 29.2 Å². The van der Waals surface area contributed by atoms with Crippen molar-refractivity contribution in [3.63, 3.8) is 0 Å². The average Bonchev–Trinajstić information content (AvgIpc) is 3.38. The molecule has 1 saturated heterocycles. The van der Waals surface area contributed by atoms with E-state index >= 15 is 0 Å². The van der Waals surface area contributed by atoms with E-state index in [0.717, 1.165) is 30.2 Å². The van der Waals surface area contributed by atoms with Gasteiger partial charge in [-0.3, -0.25) is 4.79 Å². The number of piperazine rings is 1. The standard InChI is InChI=1S/C18H22N4O2/c1-24-16-5-3-2-4-13(16)15-11-19-8-9-22(15)18(23)14-10-20-17(21-14)12-6-7-12/h2-5,10,12,15,19H,6-9,11H2,1H3,(H,20,21). The van der Waals surface area contributed by atoms with E-state index < -0.39 is 0 Å². The number of hydrogen-bond donors (Lipinski definition) is 2. The molecule has 2 heterocycles. The quantitative estimate of drug-likeness (QED) is 0.902. The summed E-state index contributed by atoms with van der Waals surface area (Å²) in [6, 6.07) is 7.85. The first kappa shape index (κ1) is 15.2. The first-order valence-electron chi connectivity index (χ1n) is 8.47. The Kier molecular flexibility index (Phi) is 3.98. The fraction of sp³-hybridized carbons (Fsp3) is 0.444.